The lowest BCUT2D eigenvalue weighted by Crippen LogP contribution is -2.15. The lowest BCUT2D eigenvalue weighted by molar-refractivity contribution is 0.239. The summed E-state index contributed by atoms with van der Waals surface area (Å²) in [5.74, 6) is 0.928. The molecule has 0 atom stereocenters. The van der Waals surface area contributed by atoms with E-state index in [1.165, 1.54) is 0 Å². The molecule has 4 heteroatoms. The highest BCUT2D eigenvalue weighted by molar-refractivity contribution is 9.10. The van der Waals surface area contributed by atoms with Crippen LogP contribution < -0.4 is 10.1 Å². The van der Waals surface area contributed by atoms with Gasteiger partial charge in [-0.3, -0.25) is 4.98 Å². The zero-order chi connectivity index (χ0) is 14.4. The molecule has 1 N–H and O–H groups in total. The van der Waals surface area contributed by atoms with E-state index in [9.17, 15) is 0 Å². The SMILES string of the molecule is CC(C)Oc1ccc(Br)cc1CNCc1ccccn1. The average Bonchev–Trinajstić information content (AvgIpc) is 2.42. The van der Waals surface area contributed by atoms with Crippen molar-refractivity contribution in [2.45, 2.75) is 33.0 Å². The molecular formula is C16H19BrN2O. The Morgan fingerprint density at radius 2 is 2.05 bits per heavy atom. The molecule has 0 fully saturated rings. The molecule has 2 aromatic rings. The van der Waals surface area contributed by atoms with Crippen LogP contribution in [0.15, 0.2) is 47.1 Å². The molecule has 106 valence electrons. The Morgan fingerprint density at radius 1 is 1.20 bits per heavy atom. The summed E-state index contributed by atoms with van der Waals surface area (Å²) in [6.07, 6.45) is 1.98. The second-order valence-electron chi connectivity index (χ2n) is 4.84. The Labute approximate surface area is 128 Å². The fraction of sp³-hybridized carbons (Fsp3) is 0.312. The van der Waals surface area contributed by atoms with Crippen molar-refractivity contribution >= 4 is 15.9 Å². The number of ether oxygens (including phenoxy) is 1. The predicted molar refractivity (Wildman–Crippen MR) is 84.7 cm³/mol. The minimum absolute atomic E-state index is 0.172. The molecule has 3 nitrogen and oxygen atoms in total. The van der Waals surface area contributed by atoms with E-state index in [0.29, 0.717) is 0 Å². The quantitative estimate of drug-likeness (QED) is 0.869. The maximum absolute atomic E-state index is 5.83. The second kappa shape index (κ2) is 7.41. The fourth-order valence-corrected chi connectivity index (χ4v) is 2.29. The van der Waals surface area contributed by atoms with Crippen LogP contribution in [0.4, 0.5) is 0 Å². The van der Waals surface area contributed by atoms with Crippen LogP contribution in [0.1, 0.15) is 25.1 Å². The number of hydrogen-bond donors (Lipinski definition) is 1. The molecular weight excluding hydrogens is 316 g/mol. The number of pyridine rings is 1. The first-order chi connectivity index (χ1) is 9.65. The summed E-state index contributed by atoms with van der Waals surface area (Å²) in [7, 11) is 0. The topological polar surface area (TPSA) is 34.1 Å². The number of hydrogen-bond acceptors (Lipinski definition) is 3. The lowest BCUT2D eigenvalue weighted by atomic mass is 10.2. The first kappa shape index (κ1) is 15.0. The monoisotopic (exact) mass is 334 g/mol. The van der Waals surface area contributed by atoms with Crippen LogP contribution in [-0.4, -0.2) is 11.1 Å². The molecule has 0 unspecified atom stereocenters. The highest BCUT2D eigenvalue weighted by Gasteiger charge is 2.06. The van der Waals surface area contributed by atoms with Gasteiger partial charge in [0.1, 0.15) is 5.75 Å². The third kappa shape index (κ3) is 4.62. The molecule has 0 radical (unpaired) electrons. The van der Waals surface area contributed by atoms with E-state index in [0.717, 1.165) is 34.6 Å². The van der Waals surface area contributed by atoms with Gasteiger partial charge in [-0.05, 0) is 44.2 Å². The van der Waals surface area contributed by atoms with Crippen molar-refractivity contribution < 1.29 is 4.74 Å². The Bertz CT molecular complexity index is 543. The van der Waals surface area contributed by atoms with Gasteiger partial charge in [-0.1, -0.05) is 22.0 Å². The van der Waals surface area contributed by atoms with Gasteiger partial charge in [0.25, 0.3) is 0 Å². The number of halogens is 1. The molecule has 1 aromatic carbocycles. The number of rotatable bonds is 6. The molecule has 0 aliphatic carbocycles. The van der Waals surface area contributed by atoms with Crippen molar-refractivity contribution in [3.05, 3.63) is 58.3 Å². The van der Waals surface area contributed by atoms with Crippen molar-refractivity contribution in [1.82, 2.24) is 10.3 Å². The second-order valence-corrected chi connectivity index (χ2v) is 5.76. The third-order valence-corrected chi connectivity index (χ3v) is 3.23. The van der Waals surface area contributed by atoms with Crippen molar-refractivity contribution in [2.24, 2.45) is 0 Å². The molecule has 0 aliphatic rings. The highest BCUT2D eigenvalue weighted by atomic mass is 79.9. The Balaban J connectivity index is 1.99. The summed E-state index contributed by atoms with van der Waals surface area (Å²) >= 11 is 3.50. The van der Waals surface area contributed by atoms with Gasteiger partial charge in [0.05, 0.1) is 11.8 Å². The van der Waals surface area contributed by atoms with E-state index in [-0.39, 0.29) is 6.10 Å². The molecule has 0 spiro atoms. The highest BCUT2D eigenvalue weighted by Crippen LogP contribution is 2.24. The third-order valence-electron chi connectivity index (χ3n) is 2.73. The van der Waals surface area contributed by atoms with Gasteiger partial charge >= 0.3 is 0 Å². The number of benzene rings is 1. The lowest BCUT2D eigenvalue weighted by Gasteiger charge is -2.15. The summed E-state index contributed by atoms with van der Waals surface area (Å²) in [6, 6.07) is 12.0. The Hall–Kier alpha value is -1.39. The van der Waals surface area contributed by atoms with Gasteiger partial charge in [-0.15, -0.1) is 0 Å². The molecule has 0 saturated heterocycles. The summed E-state index contributed by atoms with van der Waals surface area (Å²) in [5, 5.41) is 3.40. The van der Waals surface area contributed by atoms with Crippen LogP contribution in [0, 0.1) is 0 Å². The summed E-state index contributed by atoms with van der Waals surface area (Å²) in [5.41, 5.74) is 2.18. The summed E-state index contributed by atoms with van der Waals surface area (Å²) in [4.78, 5) is 4.30. The maximum atomic E-state index is 5.83. The van der Waals surface area contributed by atoms with Crippen molar-refractivity contribution in [1.29, 1.82) is 0 Å². The summed E-state index contributed by atoms with van der Waals surface area (Å²) in [6.45, 7) is 5.56. The smallest absolute Gasteiger partial charge is 0.124 e. The molecule has 0 bridgehead atoms. The van der Waals surface area contributed by atoms with E-state index >= 15 is 0 Å². The zero-order valence-corrected chi connectivity index (χ0v) is 13.4. The van der Waals surface area contributed by atoms with Gasteiger partial charge in [0.2, 0.25) is 0 Å². The number of nitrogens with one attached hydrogen (secondary N) is 1. The molecule has 0 aliphatic heterocycles. The van der Waals surface area contributed by atoms with E-state index in [2.05, 4.69) is 32.3 Å². The van der Waals surface area contributed by atoms with Gasteiger partial charge in [0.15, 0.2) is 0 Å². The molecule has 2 rings (SSSR count). The Morgan fingerprint density at radius 3 is 2.75 bits per heavy atom. The average molecular weight is 335 g/mol. The van der Waals surface area contributed by atoms with Gasteiger partial charge in [-0.25, -0.2) is 0 Å². The maximum Gasteiger partial charge on any atom is 0.124 e. The first-order valence-electron chi connectivity index (χ1n) is 6.71. The van der Waals surface area contributed by atoms with Gasteiger partial charge < -0.3 is 10.1 Å². The molecule has 0 saturated carbocycles. The van der Waals surface area contributed by atoms with Crippen molar-refractivity contribution in [3.8, 4) is 5.75 Å². The van der Waals surface area contributed by atoms with Crippen LogP contribution in [0.2, 0.25) is 0 Å². The molecule has 1 heterocycles. The van der Waals surface area contributed by atoms with Crippen molar-refractivity contribution in [2.75, 3.05) is 0 Å². The zero-order valence-electron chi connectivity index (χ0n) is 11.8. The van der Waals surface area contributed by atoms with E-state index in [1.807, 2.05) is 50.4 Å². The van der Waals surface area contributed by atoms with Crippen LogP contribution in [-0.2, 0) is 13.1 Å². The van der Waals surface area contributed by atoms with Crippen LogP contribution in [0.25, 0.3) is 0 Å². The molecule has 1 aromatic heterocycles. The van der Waals surface area contributed by atoms with Crippen LogP contribution >= 0.6 is 15.9 Å². The van der Waals surface area contributed by atoms with Crippen LogP contribution in [0.5, 0.6) is 5.75 Å². The van der Waals surface area contributed by atoms with Crippen molar-refractivity contribution in [3.63, 3.8) is 0 Å². The number of aromatic nitrogens is 1. The van der Waals surface area contributed by atoms with Gasteiger partial charge in [0, 0.05) is 29.3 Å². The molecule has 20 heavy (non-hydrogen) atoms. The van der Waals surface area contributed by atoms with Gasteiger partial charge in [-0.2, -0.15) is 0 Å². The normalized spacial score (nSPS) is 10.8. The van der Waals surface area contributed by atoms with E-state index < -0.39 is 0 Å². The summed E-state index contributed by atoms with van der Waals surface area (Å²) < 4.78 is 6.89. The minimum atomic E-state index is 0.172. The Kier molecular flexibility index (Phi) is 5.56. The standard InChI is InChI=1S/C16H19BrN2O/c1-12(2)20-16-7-6-14(17)9-13(16)10-18-11-15-5-3-4-8-19-15/h3-9,12,18H,10-11H2,1-2H3. The predicted octanol–water partition coefficient (Wildman–Crippen LogP) is 3.92. The van der Waals surface area contributed by atoms with E-state index in [1.54, 1.807) is 0 Å². The largest absolute Gasteiger partial charge is 0.491 e. The van der Waals surface area contributed by atoms with Crippen LogP contribution in [0.3, 0.4) is 0 Å². The molecule has 0 amide bonds. The number of nitrogens with zero attached hydrogens (tertiary/aromatic N) is 1. The van der Waals surface area contributed by atoms with E-state index in [4.69, 9.17) is 4.74 Å². The minimum Gasteiger partial charge on any atom is -0.491 e. The first-order valence-corrected chi connectivity index (χ1v) is 7.50. The fourth-order valence-electron chi connectivity index (χ4n) is 1.88.